The summed E-state index contributed by atoms with van der Waals surface area (Å²) in [5, 5.41) is 17.4. The minimum atomic E-state index is -0.968. The smallest absolute Gasteiger partial charge is 0.335 e. The Morgan fingerprint density at radius 2 is 1.65 bits per heavy atom. The van der Waals surface area contributed by atoms with Gasteiger partial charge in [0.2, 0.25) is 0 Å². The molecule has 0 aliphatic carbocycles. The molecule has 2 N–H and O–H groups in total. The van der Waals surface area contributed by atoms with Crippen molar-refractivity contribution in [1.82, 2.24) is 0 Å². The molecule has 0 aliphatic rings. The zero-order valence-electron chi connectivity index (χ0n) is 9.51. The van der Waals surface area contributed by atoms with Gasteiger partial charge in [-0.25, -0.2) is 4.79 Å². The van der Waals surface area contributed by atoms with Gasteiger partial charge in [-0.15, -0.1) is 0 Å². The lowest BCUT2D eigenvalue weighted by Crippen LogP contribution is -1.96. The molecule has 0 saturated heterocycles. The first-order valence-electron chi connectivity index (χ1n) is 5.29. The molecule has 4 nitrogen and oxygen atoms in total. The first-order valence-corrected chi connectivity index (χ1v) is 5.29. The van der Waals surface area contributed by atoms with Crippen molar-refractivity contribution < 1.29 is 19.8 Å². The Hall–Kier alpha value is -2.10. The third kappa shape index (κ3) is 3.75. The normalized spacial score (nSPS) is 11.2. The fourth-order valence-corrected chi connectivity index (χ4v) is 1.50. The number of carboxylic acids is 2. The molecule has 0 unspecified atom stereocenters. The highest BCUT2D eigenvalue weighted by molar-refractivity contribution is 5.88. The highest BCUT2D eigenvalue weighted by Gasteiger charge is 2.04. The van der Waals surface area contributed by atoms with Gasteiger partial charge in [0.25, 0.3) is 0 Å². The number of carbonyl (C=O) groups is 2. The molecule has 0 aliphatic heterocycles. The summed E-state index contributed by atoms with van der Waals surface area (Å²) in [5.41, 5.74) is 1.99. The molecule has 0 atom stereocenters. The van der Waals surface area contributed by atoms with Crippen LogP contribution < -0.4 is 0 Å². The summed E-state index contributed by atoms with van der Waals surface area (Å²) in [4.78, 5) is 21.1. The Labute approximate surface area is 99.2 Å². The van der Waals surface area contributed by atoms with Crippen LogP contribution in [-0.2, 0) is 4.79 Å². The molecule has 1 rings (SSSR count). The summed E-state index contributed by atoms with van der Waals surface area (Å²) in [6, 6.07) is 6.42. The van der Waals surface area contributed by atoms with Crippen LogP contribution >= 0.6 is 0 Å². The number of benzene rings is 1. The van der Waals surface area contributed by atoms with Crippen LogP contribution in [0.4, 0.5) is 0 Å². The van der Waals surface area contributed by atoms with E-state index in [1.807, 2.05) is 6.92 Å². The van der Waals surface area contributed by atoms with Crippen molar-refractivity contribution in [2.24, 2.45) is 0 Å². The third-order valence-corrected chi connectivity index (χ3v) is 2.41. The monoisotopic (exact) mass is 234 g/mol. The average molecular weight is 234 g/mol. The Balaban J connectivity index is 2.93. The highest BCUT2D eigenvalue weighted by Crippen LogP contribution is 2.19. The number of aliphatic carboxylic acids is 1. The summed E-state index contributed by atoms with van der Waals surface area (Å²) in [5.74, 6) is -1.85. The van der Waals surface area contributed by atoms with Crippen LogP contribution in [0.2, 0.25) is 0 Å². The minimum absolute atomic E-state index is 0.0240. The molecule has 0 saturated carbocycles. The Bertz CT molecular complexity index is 443. The average Bonchev–Trinajstić information content (AvgIpc) is 2.30. The molecule has 1 aromatic carbocycles. The maximum Gasteiger partial charge on any atom is 0.335 e. The van der Waals surface area contributed by atoms with Crippen molar-refractivity contribution in [3.63, 3.8) is 0 Å². The number of hydrogen-bond acceptors (Lipinski definition) is 2. The van der Waals surface area contributed by atoms with Crippen molar-refractivity contribution in [3.05, 3.63) is 41.5 Å². The predicted octanol–water partition coefficient (Wildman–Crippen LogP) is 2.65. The maximum absolute atomic E-state index is 10.7. The standard InChI is InChI=1S/C13H14O4/c1-2-9(7-8-12(14)15)10-3-5-11(6-4-10)13(16)17/h3-7H,2,8H2,1H3,(H,14,15)(H,16,17)/b9-7+. The summed E-state index contributed by atoms with van der Waals surface area (Å²) in [7, 11) is 0. The number of carboxylic acid groups (broad SMARTS) is 2. The van der Waals surface area contributed by atoms with Crippen LogP contribution in [0.3, 0.4) is 0 Å². The van der Waals surface area contributed by atoms with E-state index in [-0.39, 0.29) is 12.0 Å². The molecule has 1 aromatic rings. The molecule has 0 amide bonds. The van der Waals surface area contributed by atoms with E-state index in [4.69, 9.17) is 10.2 Å². The van der Waals surface area contributed by atoms with Gasteiger partial charge < -0.3 is 10.2 Å². The van der Waals surface area contributed by atoms with E-state index in [2.05, 4.69) is 0 Å². The zero-order valence-corrected chi connectivity index (χ0v) is 9.51. The van der Waals surface area contributed by atoms with E-state index in [1.54, 1.807) is 18.2 Å². The first-order chi connectivity index (χ1) is 8.04. The van der Waals surface area contributed by atoms with E-state index >= 15 is 0 Å². The van der Waals surface area contributed by atoms with Crippen molar-refractivity contribution >= 4 is 17.5 Å². The summed E-state index contributed by atoms with van der Waals surface area (Å²) >= 11 is 0. The van der Waals surface area contributed by atoms with Gasteiger partial charge in [-0.1, -0.05) is 25.1 Å². The van der Waals surface area contributed by atoms with Crippen LogP contribution in [0.1, 0.15) is 35.7 Å². The van der Waals surface area contributed by atoms with Gasteiger partial charge in [0.05, 0.1) is 12.0 Å². The van der Waals surface area contributed by atoms with E-state index in [0.717, 1.165) is 11.1 Å². The number of allylic oxidation sites excluding steroid dienone is 1. The summed E-state index contributed by atoms with van der Waals surface area (Å²) < 4.78 is 0. The second-order valence-electron chi connectivity index (χ2n) is 3.56. The van der Waals surface area contributed by atoms with Gasteiger partial charge in [0, 0.05) is 0 Å². The molecule has 17 heavy (non-hydrogen) atoms. The van der Waals surface area contributed by atoms with Crippen LogP contribution in [0.5, 0.6) is 0 Å². The molecule has 4 heteroatoms. The van der Waals surface area contributed by atoms with Crippen LogP contribution in [0.25, 0.3) is 5.57 Å². The largest absolute Gasteiger partial charge is 0.481 e. The van der Waals surface area contributed by atoms with E-state index < -0.39 is 11.9 Å². The Morgan fingerprint density at radius 3 is 2.06 bits per heavy atom. The van der Waals surface area contributed by atoms with Crippen LogP contribution in [-0.4, -0.2) is 22.2 Å². The second kappa shape index (κ2) is 5.84. The van der Waals surface area contributed by atoms with Crippen molar-refractivity contribution in [3.8, 4) is 0 Å². The zero-order chi connectivity index (χ0) is 12.8. The highest BCUT2D eigenvalue weighted by atomic mass is 16.4. The van der Waals surface area contributed by atoms with Gasteiger partial charge in [-0.05, 0) is 29.7 Å². The minimum Gasteiger partial charge on any atom is -0.481 e. The SMILES string of the molecule is CC/C(=C\CC(=O)O)c1ccc(C(=O)O)cc1. The lowest BCUT2D eigenvalue weighted by molar-refractivity contribution is -0.136. The third-order valence-electron chi connectivity index (χ3n) is 2.41. The van der Waals surface area contributed by atoms with Gasteiger partial charge in [0.1, 0.15) is 0 Å². The summed E-state index contributed by atoms with van der Waals surface area (Å²) in [6.07, 6.45) is 2.33. The molecule has 0 heterocycles. The molecular weight excluding hydrogens is 220 g/mol. The number of hydrogen-bond donors (Lipinski definition) is 2. The summed E-state index contributed by atoms with van der Waals surface area (Å²) in [6.45, 7) is 1.93. The Morgan fingerprint density at radius 1 is 1.12 bits per heavy atom. The number of rotatable bonds is 5. The van der Waals surface area contributed by atoms with Gasteiger partial charge in [0.15, 0.2) is 0 Å². The molecule has 0 spiro atoms. The van der Waals surface area contributed by atoms with E-state index in [9.17, 15) is 9.59 Å². The van der Waals surface area contributed by atoms with E-state index in [1.165, 1.54) is 12.1 Å². The quantitative estimate of drug-likeness (QED) is 0.821. The lowest BCUT2D eigenvalue weighted by atomic mass is 10.0. The fourth-order valence-electron chi connectivity index (χ4n) is 1.50. The molecule has 0 aromatic heterocycles. The first kappa shape index (κ1) is 13.0. The van der Waals surface area contributed by atoms with Gasteiger partial charge >= 0.3 is 11.9 Å². The predicted molar refractivity (Wildman–Crippen MR) is 63.9 cm³/mol. The molecule has 0 radical (unpaired) electrons. The lowest BCUT2D eigenvalue weighted by Gasteiger charge is -2.05. The van der Waals surface area contributed by atoms with E-state index in [0.29, 0.717) is 6.42 Å². The topological polar surface area (TPSA) is 74.6 Å². The Kier molecular flexibility index (Phi) is 4.46. The molecule has 0 bridgehead atoms. The fraction of sp³-hybridized carbons (Fsp3) is 0.231. The molecular formula is C13H14O4. The van der Waals surface area contributed by atoms with Gasteiger partial charge in [-0.2, -0.15) is 0 Å². The van der Waals surface area contributed by atoms with Gasteiger partial charge in [-0.3, -0.25) is 4.79 Å². The second-order valence-corrected chi connectivity index (χ2v) is 3.56. The van der Waals surface area contributed by atoms with Crippen molar-refractivity contribution in [2.45, 2.75) is 19.8 Å². The number of aromatic carboxylic acids is 1. The van der Waals surface area contributed by atoms with Crippen LogP contribution in [0, 0.1) is 0 Å². The van der Waals surface area contributed by atoms with Crippen molar-refractivity contribution in [2.75, 3.05) is 0 Å². The maximum atomic E-state index is 10.7. The van der Waals surface area contributed by atoms with Crippen LogP contribution in [0.15, 0.2) is 30.3 Å². The molecule has 90 valence electrons. The molecule has 0 fully saturated rings. The van der Waals surface area contributed by atoms with Crippen molar-refractivity contribution in [1.29, 1.82) is 0 Å².